The maximum absolute atomic E-state index is 12.9. The first-order valence-electron chi connectivity index (χ1n) is 9.32. The zero-order valence-corrected chi connectivity index (χ0v) is 18.1. The second kappa shape index (κ2) is 8.75. The third kappa shape index (κ3) is 4.37. The minimum atomic E-state index is -0.354. The number of fused-ring (bicyclic) bond motifs is 1. The summed E-state index contributed by atoms with van der Waals surface area (Å²) in [7, 11) is 0. The number of nitrogens with one attached hydrogen (secondary N) is 1. The topological polar surface area (TPSA) is 107 Å². The molecule has 4 rings (SSSR count). The Morgan fingerprint density at radius 1 is 1.13 bits per heavy atom. The Balaban J connectivity index is 1.51. The van der Waals surface area contributed by atoms with E-state index < -0.39 is 0 Å². The minimum Gasteiger partial charge on any atom is -0.334 e. The molecule has 0 bridgehead atoms. The molecule has 0 radical (unpaired) electrons. The number of Topliss-reactive ketones (excluding diaryl/α,β-unsaturated/α-hetero) is 1. The van der Waals surface area contributed by atoms with Gasteiger partial charge in [0.05, 0.1) is 11.1 Å². The summed E-state index contributed by atoms with van der Waals surface area (Å²) in [6, 6.07) is 16.2. The van der Waals surface area contributed by atoms with Gasteiger partial charge in [-0.3, -0.25) is 14.4 Å². The van der Waals surface area contributed by atoms with Crippen molar-refractivity contribution in [1.82, 2.24) is 9.66 Å². The summed E-state index contributed by atoms with van der Waals surface area (Å²) >= 11 is 2.45. The molecule has 31 heavy (non-hydrogen) atoms. The number of carbonyl (C=O) groups is 2. The predicted octanol–water partition coefficient (Wildman–Crippen LogP) is 3.77. The molecule has 0 aliphatic rings. The molecule has 0 unspecified atom stereocenters. The molecule has 9 heteroatoms. The minimum absolute atomic E-state index is 0.0283. The van der Waals surface area contributed by atoms with E-state index in [1.807, 2.05) is 35.7 Å². The van der Waals surface area contributed by atoms with Crippen LogP contribution in [-0.4, -0.2) is 27.1 Å². The number of nitrogen functional groups attached to an aromatic ring is 1. The molecule has 1 amide bonds. The number of nitrogens with two attached hydrogens (primary N) is 1. The largest absolute Gasteiger partial charge is 0.334 e. The number of carbonyl (C=O) groups excluding carboxylic acids is 2. The van der Waals surface area contributed by atoms with Gasteiger partial charge in [0.25, 0.3) is 5.56 Å². The van der Waals surface area contributed by atoms with Crippen LogP contribution >= 0.6 is 23.1 Å². The fraction of sp³-hybridized carbons (Fsp3) is 0.0909. The van der Waals surface area contributed by atoms with Gasteiger partial charge in [0, 0.05) is 22.2 Å². The lowest BCUT2D eigenvalue weighted by Crippen LogP contribution is -2.30. The lowest BCUT2D eigenvalue weighted by Gasteiger charge is -2.08. The van der Waals surface area contributed by atoms with Gasteiger partial charge in [-0.15, -0.1) is 11.3 Å². The molecule has 0 spiro atoms. The highest BCUT2D eigenvalue weighted by Gasteiger charge is 2.17. The van der Waals surface area contributed by atoms with E-state index in [4.69, 9.17) is 5.84 Å². The van der Waals surface area contributed by atoms with Gasteiger partial charge in [-0.05, 0) is 36.8 Å². The maximum Gasteiger partial charge on any atom is 0.282 e. The summed E-state index contributed by atoms with van der Waals surface area (Å²) in [6.45, 7) is 1.48. The first-order chi connectivity index (χ1) is 14.9. The average molecular weight is 451 g/mol. The smallest absolute Gasteiger partial charge is 0.282 e. The third-order valence-electron chi connectivity index (χ3n) is 4.60. The molecule has 2 heterocycles. The Morgan fingerprint density at radius 3 is 2.52 bits per heavy atom. The van der Waals surface area contributed by atoms with Gasteiger partial charge in [-0.2, -0.15) is 0 Å². The Kier molecular flexibility index (Phi) is 5.88. The number of nitrogens with zero attached hydrogens (tertiary/aromatic N) is 2. The number of hydrogen-bond donors (Lipinski definition) is 2. The maximum atomic E-state index is 12.9. The average Bonchev–Trinajstić information content (AvgIpc) is 3.20. The van der Waals surface area contributed by atoms with Crippen molar-refractivity contribution in [2.75, 3.05) is 16.9 Å². The molecule has 156 valence electrons. The van der Waals surface area contributed by atoms with Gasteiger partial charge >= 0.3 is 0 Å². The van der Waals surface area contributed by atoms with Crippen LogP contribution in [0.4, 0.5) is 5.69 Å². The first kappa shape index (κ1) is 20.8. The number of ketones is 1. The number of aromatic nitrogens is 2. The van der Waals surface area contributed by atoms with E-state index in [0.717, 1.165) is 27.6 Å². The van der Waals surface area contributed by atoms with Crippen LogP contribution in [0.15, 0.2) is 69.9 Å². The standard InChI is InChI=1S/C22H18N4O3S2/c1-13(27)14-7-9-16(10-8-14)24-18(28)12-31-22-25-20-19(21(29)26(22)23)17(11-30-20)15-5-3-2-4-6-15/h2-11H,12,23H2,1H3,(H,24,28). The Labute approximate surface area is 185 Å². The Hall–Kier alpha value is -3.43. The molecule has 0 atom stereocenters. The van der Waals surface area contributed by atoms with Gasteiger partial charge < -0.3 is 11.2 Å². The van der Waals surface area contributed by atoms with Crippen molar-refractivity contribution in [3.8, 4) is 11.1 Å². The molecular weight excluding hydrogens is 432 g/mol. The predicted molar refractivity (Wildman–Crippen MR) is 125 cm³/mol. The molecule has 4 aromatic rings. The normalized spacial score (nSPS) is 10.9. The van der Waals surface area contributed by atoms with Crippen LogP contribution in [-0.2, 0) is 4.79 Å². The summed E-state index contributed by atoms with van der Waals surface area (Å²) in [5, 5.41) is 5.38. The van der Waals surface area contributed by atoms with Crippen LogP contribution < -0.4 is 16.7 Å². The van der Waals surface area contributed by atoms with Crippen LogP contribution in [0, 0.1) is 0 Å². The SMILES string of the molecule is CC(=O)c1ccc(NC(=O)CSc2nc3scc(-c4ccccc4)c3c(=O)n2N)cc1. The summed E-state index contributed by atoms with van der Waals surface area (Å²) in [4.78, 5) is 41.6. The van der Waals surface area contributed by atoms with E-state index in [-0.39, 0.29) is 28.2 Å². The van der Waals surface area contributed by atoms with Crippen LogP contribution in [0.25, 0.3) is 21.3 Å². The fourth-order valence-corrected chi connectivity index (χ4v) is 4.74. The van der Waals surface area contributed by atoms with Crippen molar-refractivity contribution < 1.29 is 9.59 Å². The fourth-order valence-electron chi connectivity index (χ4n) is 3.03. The highest BCUT2D eigenvalue weighted by Crippen LogP contribution is 2.31. The highest BCUT2D eigenvalue weighted by atomic mass is 32.2. The van der Waals surface area contributed by atoms with Crippen LogP contribution in [0.2, 0.25) is 0 Å². The van der Waals surface area contributed by atoms with Crippen molar-refractivity contribution in [3.63, 3.8) is 0 Å². The highest BCUT2D eigenvalue weighted by molar-refractivity contribution is 7.99. The van der Waals surface area contributed by atoms with Gasteiger partial charge in [0.1, 0.15) is 4.83 Å². The van der Waals surface area contributed by atoms with Gasteiger partial charge in [-0.25, -0.2) is 9.66 Å². The van der Waals surface area contributed by atoms with Crippen molar-refractivity contribution in [1.29, 1.82) is 0 Å². The molecule has 7 nitrogen and oxygen atoms in total. The van der Waals surface area contributed by atoms with Crippen molar-refractivity contribution >= 4 is 50.7 Å². The van der Waals surface area contributed by atoms with Gasteiger partial charge in [-0.1, -0.05) is 42.1 Å². The number of thiophene rings is 1. The molecule has 0 saturated heterocycles. The van der Waals surface area contributed by atoms with Crippen LogP contribution in [0.3, 0.4) is 0 Å². The van der Waals surface area contributed by atoms with E-state index in [1.54, 1.807) is 24.3 Å². The number of anilines is 1. The van der Waals surface area contributed by atoms with Crippen LogP contribution in [0.5, 0.6) is 0 Å². The molecule has 2 aromatic heterocycles. The third-order valence-corrected chi connectivity index (χ3v) is 6.42. The lowest BCUT2D eigenvalue weighted by atomic mass is 10.1. The Morgan fingerprint density at radius 2 is 1.84 bits per heavy atom. The van der Waals surface area contributed by atoms with E-state index in [1.165, 1.54) is 18.3 Å². The summed E-state index contributed by atoms with van der Waals surface area (Å²) in [5.74, 6) is 5.71. The molecular formula is C22H18N4O3S2. The number of benzene rings is 2. The summed E-state index contributed by atoms with van der Waals surface area (Å²) in [6.07, 6.45) is 0. The van der Waals surface area contributed by atoms with Crippen molar-refractivity contribution in [2.24, 2.45) is 0 Å². The lowest BCUT2D eigenvalue weighted by molar-refractivity contribution is -0.113. The van der Waals surface area contributed by atoms with Gasteiger partial charge in [0.15, 0.2) is 10.9 Å². The van der Waals surface area contributed by atoms with Crippen molar-refractivity contribution in [2.45, 2.75) is 12.1 Å². The first-order valence-corrected chi connectivity index (χ1v) is 11.2. The molecule has 0 aliphatic carbocycles. The zero-order chi connectivity index (χ0) is 22.0. The van der Waals surface area contributed by atoms with E-state index in [2.05, 4.69) is 10.3 Å². The Bertz CT molecular complexity index is 1330. The van der Waals surface area contributed by atoms with Gasteiger partial charge in [0.2, 0.25) is 5.91 Å². The number of hydrogen-bond acceptors (Lipinski definition) is 7. The van der Waals surface area contributed by atoms with Crippen LogP contribution in [0.1, 0.15) is 17.3 Å². The monoisotopic (exact) mass is 450 g/mol. The van der Waals surface area contributed by atoms with E-state index >= 15 is 0 Å². The second-order valence-corrected chi connectivity index (χ2v) is 8.54. The van der Waals surface area contributed by atoms with E-state index in [9.17, 15) is 14.4 Å². The molecule has 3 N–H and O–H groups in total. The van der Waals surface area contributed by atoms with Crippen molar-refractivity contribution in [3.05, 3.63) is 75.9 Å². The molecule has 0 aliphatic heterocycles. The number of rotatable bonds is 6. The van der Waals surface area contributed by atoms with E-state index in [0.29, 0.717) is 21.5 Å². The molecule has 0 fully saturated rings. The summed E-state index contributed by atoms with van der Waals surface area (Å²) in [5.41, 5.74) is 2.51. The summed E-state index contributed by atoms with van der Waals surface area (Å²) < 4.78 is 0.987. The second-order valence-electron chi connectivity index (χ2n) is 6.74. The number of thioether (sulfide) groups is 1. The molecule has 2 aromatic carbocycles. The zero-order valence-electron chi connectivity index (χ0n) is 16.5. The quantitative estimate of drug-likeness (QED) is 0.200. The molecule has 0 saturated carbocycles. The number of amides is 1.